The van der Waals surface area contributed by atoms with Crippen LogP contribution in [0.15, 0.2) is 0 Å². The minimum absolute atomic E-state index is 0.375. The molecule has 7 heavy (non-hydrogen) atoms. The molecule has 0 aromatic heterocycles. The summed E-state index contributed by atoms with van der Waals surface area (Å²) in [5.74, 6) is 0. The van der Waals surface area contributed by atoms with E-state index in [0.717, 1.165) is 6.54 Å². The Morgan fingerprint density at radius 3 is 2.86 bits per heavy atom. The fraction of sp³-hybridized carbons (Fsp3) is 1.00. The topological polar surface area (TPSA) is 48.1 Å². The molecule has 0 radical (unpaired) electrons. The van der Waals surface area contributed by atoms with Gasteiger partial charge >= 0.3 is 0 Å². The van der Waals surface area contributed by atoms with Gasteiger partial charge in [0, 0.05) is 6.54 Å². The Balaban J connectivity index is 2.14. The Labute approximate surface area is 42.6 Å². The van der Waals surface area contributed by atoms with E-state index >= 15 is 0 Å². The SMILES string of the molecule is CNC1CNNN1. The summed E-state index contributed by atoms with van der Waals surface area (Å²) in [6.45, 7) is 0.927. The van der Waals surface area contributed by atoms with Gasteiger partial charge in [-0.15, -0.1) is 0 Å². The van der Waals surface area contributed by atoms with Gasteiger partial charge in [0.1, 0.15) is 0 Å². The van der Waals surface area contributed by atoms with Crippen LogP contribution in [0.2, 0.25) is 0 Å². The lowest BCUT2D eigenvalue weighted by Crippen LogP contribution is -2.40. The lowest BCUT2D eigenvalue weighted by atomic mass is 10.5. The molecule has 1 aliphatic heterocycles. The molecular weight excluding hydrogens is 92.1 g/mol. The molecule has 4 heteroatoms. The summed E-state index contributed by atoms with van der Waals surface area (Å²) in [4.78, 5) is 0. The third kappa shape index (κ3) is 1.10. The van der Waals surface area contributed by atoms with Gasteiger partial charge in [-0.3, -0.25) is 0 Å². The number of hydrogen-bond donors (Lipinski definition) is 4. The van der Waals surface area contributed by atoms with E-state index in [1.54, 1.807) is 0 Å². The molecule has 4 nitrogen and oxygen atoms in total. The van der Waals surface area contributed by atoms with E-state index < -0.39 is 0 Å². The predicted molar refractivity (Wildman–Crippen MR) is 27.1 cm³/mol. The summed E-state index contributed by atoms with van der Waals surface area (Å²) in [5, 5.41) is 3.03. The zero-order chi connectivity index (χ0) is 5.11. The zero-order valence-electron chi connectivity index (χ0n) is 4.28. The molecule has 1 rings (SSSR count). The van der Waals surface area contributed by atoms with Gasteiger partial charge in [-0.1, -0.05) is 0 Å². The second-order valence-corrected chi connectivity index (χ2v) is 1.49. The van der Waals surface area contributed by atoms with Crippen molar-refractivity contribution < 1.29 is 0 Å². The lowest BCUT2D eigenvalue weighted by molar-refractivity contribution is 0.501. The maximum atomic E-state index is 3.03. The third-order valence-corrected chi connectivity index (χ3v) is 0.989. The van der Waals surface area contributed by atoms with Crippen molar-refractivity contribution in [1.29, 1.82) is 0 Å². The van der Waals surface area contributed by atoms with Crippen molar-refractivity contribution >= 4 is 0 Å². The molecule has 42 valence electrons. The van der Waals surface area contributed by atoms with E-state index in [4.69, 9.17) is 0 Å². The van der Waals surface area contributed by atoms with Crippen LogP contribution in [0.5, 0.6) is 0 Å². The van der Waals surface area contributed by atoms with Crippen LogP contribution in [0.3, 0.4) is 0 Å². The zero-order valence-corrected chi connectivity index (χ0v) is 4.28. The Morgan fingerprint density at radius 1 is 1.71 bits per heavy atom. The summed E-state index contributed by atoms with van der Waals surface area (Å²) in [6, 6.07) is 0. The molecule has 1 saturated heterocycles. The van der Waals surface area contributed by atoms with Crippen LogP contribution >= 0.6 is 0 Å². The van der Waals surface area contributed by atoms with Gasteiger partial charge in [0.2, 0.25) is 0 Å². The van der Waals surface area contributed by atoms with Crippen molar-refractivity contribution in [3.63, 3.8) is 0 Å². The number of hydrogen-bond acceptors (Lipinski definition) is 4. The number of rotatable bonds is 1. The quantitative estimate of drug-likeness (QED) is 0.314. The largest absolute Gasteiger partial charge is 0.303 e. The summed E-state index contributed by atoms with van der Waals surface area (Å²) >= 11 is 0. The van der Waals surface area contributed by atoms with E-state index in [9.17, 15) is 0 Å². The van der Waals surface area contributed by atoms with Gasteiger partial charge in [0.05, 0.1) is 6.17 Å². The highest BCUT2D eigenvalue weighted by atomic mass is 15.7. The Kier molecular flexibility index (Phi) is 1.59. The highest BCUT2D eigenvalue weighted by Crippen LogP contribution is 1.72. The molecule has 0 spiro atoms. The summed E-state index contributed by atoms with van der Waals surface area (Å²) in [5.41, 5.74) is 8.59. The first-order chi connectivity index (χ1) is 3.43. The van der Waals surface area contributed by atoms with E-state index in [1.807, 2.05) is 7.05 Å². The summed E-state index contributed by atoms with van der Waals surface area (Å²) in [6.07, 6.45) is 0.375. The van der Waals surface area contributed by atoms with Crippen LogP contribution in [0.1, 0.15) is 0 Å². The number of likely N-dealkylation sites (N-methyl/N-ethyl adjacent to an activating group) is 1. The summed E-state index contributed by atoms with van der Waals surface area (Å²) < 4.78 is 0. The smallest absolute Gasteiger partial charge is 0.0855 e. The van der Waals surface area contributed by atoms with Crippen molar-refractivity contribution in [1.82, 2.24) is 21.7 Å². The van der Waals surface area contributed by atoms with Crippen molar-refractivity contribution in [2.75, 3.05) is 13.6 Å². The van der Waals surface area contributed by atoms with Gasteiger partial charge in [-0.2, -0.15) is 5.53 Å². The molecule has 1 atom stereocenters. The van der Waals surface area contributed by atoms with Gasteiger partial charge in [-0.05, 0) is 7.05 Å². The van der Waals surface area contributed by atoms with Gasteiger partial charge in [0.15, 0.2) is 0 Å². The van der Waals surface area contributed by atoms with Crippen LogP contribution in [-0.2, 0) is 0 Å². The Morgan fingerprint density at radius 2 is 2.57 bits per heavy atom. The molecule has 0 aliphatic carbocycles. The van der Waals surface area contributed by atoms with E-state index in [2.05, 4.69) is 21.7 Å². The van der Waals surface area contributed by atoms with Gasteiger partial charge in [0.25, 0.3) is 0 Å². The first kappa shape index (κ1) is 4.99. The molecule has 0 aromatic carbocycles. The average Bonchev–Trinajstić information content (AvgIpc) is 2.14. The Hall–Kier alpha value is -0.160. The lowest BCUT2D eigenvalue weighted by Gasteiger charge is -2.02. The Bertz CT molecular complexity index is 48.9. The standard InChI is InChI=1S/C3H10N4/c1-4-3-2-5-7-6-3/h3-7H,2H2,1H3. The van der Waals surface area contributed by atoms with Crippen LogP contribution in [0.25, 0.3) is 0 Å². The minimum atomic E-state index is 0.375. The third-order valence-electron chi connectivity index (χ3n) is 0.989. The van der Waals surface area contributed by atoms with Crippen molar-refractivity contribution in [3.8, 4) is 0 Å². The van der Waals surface area contributed by atoms with Gasteiger partial charge < -0.3 is 5.32 Å². The number of hydrazine groups is 2. The summed E-state index contributed by atoms with van der Waals surface area (Å²) in [7, 11) is 1.91. The number of nitrogens with one attached hydrogen (secondary N) is 4. The predicted octanol–water partition coefficient (Wildman–Crippen LogP) is -1.86. The van der Waals surface area contributed by atoms with Gasteiger partial charge in [-0.25, -0.2) is 10.9 Å². The fourth-order valence-corrected chi connectivity index (χ4v) is 0.517. The monoisotopic (exact) mass is 102 g/mol. The van der Waals surface area contributed by atoms with Crippen LogP contribution in [-0.4, -0.2) is 19.8 Å². The highest BCUT2D eigenvalue weighted by Gasteiger charge is 2.07. The minimum Gasteiger partial charge on any atom is -0.303 e. The molecule has 0 bridgehead atoms. The molecule has 0 saturated carbocycles. The first-order valence-electron chi connectivity index (χ1n) is 2.34. The van der Waals surface area contributed by atoms with Crippen molar-refractivity contribution in [2.24, 2.45) is 0 Å². The average molecular weight is 102 g/mol. The first-order valence-corrected chi connectivity index (χ1v) is 2.34. The van der Waals surface area contributed by atoms with E-state index in [-0.39, 0.29) is 0 Å². The second kappa shape index (κ2) is 2.23. The van der Waals surface area contributed by atoms with E-state index in [0.29, 0.717) is 6.17 Å². The van der Waals surface area contributed by atoms with E-state index in [1.165, 1.54) is 0 Å². The molecular formula is C3H10N4. The highest BCUT2D eigenvalue weighted by molar-refractivity contribution is 4.64. The van der Waals surface area contributed by atoms with Crippen molar-refractivity contribution in [2.45, 2.75) is 6.17 Å². The maximum absolute atomic E-state index is 3.03. The van der Waals surface area contributed by atoms with Crippen molar-refractivity contribution in [3.05, 3.63) is 0 Å². The van der Waals surface area contributed by atoms with Crippen LogP contribution in [0.4, 0.5) is 0 Å². The molecule has 1 heterocycles. The van der Waals surface area contributed by atoms with Crippen LogP contribution in [0, 0.1) is 0 Å². The molecule has 0 amide bonds. The maximum Gasteiger partial charge on any atom is 0.0855 e. The van der Waals surface area contributed by atoms with Crippen LogP contribution < -0.4 is 21.7 Å². The molecule has 0 aromatic rings. The fourth-order valence-electron chi connectivity index (χ4n) is 0.517. The normalized spacial score (nSPS) is 31.3. The molecule has 1 aliphatic rings. The molecule has 1 unspecified atom stereocenters. The molecule has 1 fully saturated rings. The second-order valence-electron chi connectivity index (χ2n) is 1.49. The molecule has 4 N–H and O–H groups in total.